The standard InChI is InChI=1S/C18H14ClN3OS/c19-13-8-5-12(6-9-13)7-10-17(23)21-15-4-2-1-3-14(15)16-11-24-18(20)22-16/h1-11H,(H2,20,22)(H,21,23)/b10-7+. The fourth-order valence-electron chi connectivity index (χ4n) is 2.15. The molecule has 0 radical (unpaired) electrons. The number of hydrogen-bond acceptors (Lipinski definition) is 4. The van der Waals surface area contributed by atoms with Crippen LogP contribution < -0.4 is 11.1 Å². The highest BCUT2D eigenvalue weighted by molar-refractivity contribution is 7.13. The zero-order chi connectivity index (χ0) is 16.9. The highest BCUT2D eigenvalue weighted by Gasteiger charge is 2.09. The topological polar surface area (TPSA) is 68.0 Å². The molecule has 24 heavy (non-hydrogen) atoms. The van der Waals surface area contributed by atoms with Crippen LogP contribution in [0.5, 0.6) is 0 Å². The van der Waals surface area contributed by atoms with E-state index in [1.807, 2.05) is 41.8 Å². The lowest BCUT2D eigenvalue weighted by atomic mass is 10.1. The molecule has 120 valence electrons. The van der Waals surface area contributed by atoms with Gasteiger partial charge in [0.05, 0.1) is 11.4 Å². The third-order valence-electron chi connectivity index (χ3n) is 3.28. The van der Waals surface area contributed by atoms with E-state index in [-0.39, 0.29) is 5.91 Å². The number of thiazole rings is 1. The Morgan fingerprint density at radius 3 is 2.62 bits per heavy atom. The number of anilines is 2. The molecule has 0 unspecified atom stereocenters. The van der Waals surface area contributed by atoms with Gasteiger partial charge < -0.3 is 11.1 Å². The van der Waals surface area contributed by atoms with Crippen molar-refractivity contribution in [3.8, 4) is 11.3 Å². The number of rotatable bonds is 4. The molecule has 3 rings (SSSR count). The Balaban J connectivity index is 1.76. The van der Waals surface area contributed by atoms with E-state index in [0.29, 0.717) is 15.8 Å². The Labute approximate surface area is 148 Å². The summed E-state index contributed by atoms with van der Waals surface area (Å²) in [5, 5.41) is 5.89. The maximum atomic E-state index is 12.2. The molecule has 0 aliphatic rings. The first kappa shape index (κ1) is 16.2. The smallest absolute Gasteiger partial charge is 0.248 e. The molecule has 0 atom stereocenters. The van der Waals surface area contributed by atoms with Crippen molar-refractivity contribution in [1.29, 1.82) is 0 Å². The molecule has 0 aliphatic carbocycles. The zero-order valence-corrected chi connectivity index (χ0v) is 14.1. The van der Waals surface area contributed by atoms with Gasteiger partial charge in [0.25, 0.3) is 0 Å². The van der Waals surface area contributed by atoms with E-state index in [1.165, 1.54) is 17.4 Å². The highest BCUT2D eigenvalue weighted by atomic mass is 35.5. The molecule has 2 aromatic carbocycles. The van der Waals surface area contributed by atoms with Gasteiger partial charge in [-0.1, -0.05) is 41.9 Å². The van der Waals surface area contributed by atoms with Gasteiger partial charge >= 0.3 is 0 Å². The Bertz CT molecular complexity index is 887. The van der Waals surface area contributed by atoms with E-state index in [1.54, 1.807) is 18.2 Å². The summed E-state index contributed by atoms with van der Waals surface area (Å²) in [5.74, 6) is -0.222. The summed E-state index contributed by atoms with van der Waals surface area (Å²) in [6, 6.07) is 14.7. The lowest BCUT2D eigenvalue weighted by molar-refractivity contribution is -0.111. The molecule has 1 amide bonds. The maximum absolute atomic E-state index is 12.2. The van der Waals surface area contributed by atoms with Crippen LogP contribution in [0, 0.1) is 0 Å². The van der Waals surface area contributed by atoms with Crippen molar-refractivity contribution in [3.05, 3.63) is 70.6 Å². The third-order valence-corrected chi connectivity index (χ3v) is 4.21. The van der Waals surface area contributed by atoms with Crippen molar-refractivity contribution in [2.24, 2.45) is 0 Å². The van der Waals surface area contributed by atoms with Crippen LogP contribution in [-0.2, 0) is 4.79 Å². The molecule has 0 bridgehead atoms. The van der Waals surface area contributed by atoms with Crippen LogP contribution in [0.3, 0.4) is 0 Å². The number of carbonyl (C=O) groups excluding carboxylic acids is 1. The number of benzene rings is 2. The number of aromatic nitrogens is 1. The summed E-state index contributed by atoms with van der Waals surface area (Å²) in [5.41, 5.74) is 8.85. The van der Waals surface area contributed by atoms with Gasteiger partial charge in [-0.2, -0.15) is 0 Å². The molecule has 0 saturated carbocycles. The van der Waals surface area contributed by atoms with E-state index in [4.69, 9.17) is 17.3 Å². The minimum Gasteiger partial charge on any atom is -0.375 e. The van der Waals surface area contributed by atoms with Gasteiger partial charge in [-0.05, 0) is 29.8 Å². The summed E-state index contributed by atoms with van der Waals surface area (Å²) < 4.78 is 0. The average molecular weight is 356 g/mol. The van der Waals surface area contributed by atoms with E-state index < -0.39 is 0 Å². The summed E-state index contributed by atoms with van der Waals surface area (Å²) in [7, 11) is 0. The van der Waals surface area contributed by atoms with Crippen molar-refractivity contribution in [2.75, 3.05) is 11.1 Å². The van der Waals surface area contributed by atoms with Crippen LogP contribution in [-0.4, -0.2) is 10.9 Å². The van der Waals surface area contributed by atoms with E-state index in [9.17, 15) is 4.79 Å². The van der Waals surface area contributed by atoms with Crippen molar-refractivity contribution in [3.63, 3.8) is 0 Å². The predicted octanol–water partition coefficient (Wildman–Crippen LogP) is 4.70. The van der Waals surface area contributed by atoms with Crippen LogP contribution in [0.15, 0.2) is 60.0 Å². The molecule has 0 aliphatic heterocycles. The van der Waals surface area contributed by atoms with Gasteiger partial charge in [0.1, 0.15) is 0 Å². The second kappa shape index (κ2) is 7.29. The number of nitrogens with one attached hydrogen (secondary N) is 1. The minimum atomic E-state index is -0.222. The predicted molar refractivity (Wildman–Crippen MR) is 101 cm³/mol. The molecule has 0 saturated heterocycles. The van der Waals surface area contributed by atoms with Gasteiger partial charge in [-0.15, -0.1) is 11.3 Å². The van der Waals surface area contributed by atoms with Crippen LogP contribution in [0.4, 0.5) is 10.8 Å². The number of nitrogens with two attached hydrogens (primary N) is 1. The number of halogens is 1. The molecule has 4 nitrogen and oxygen atoms in total. The minimum absolute atomic E-state index is 0.222. The SMILES string of the molecule is Nc1nc(-c2ccccc2NC(=O)/C=C/c2ccc(Cl)cc2)cs1. The monoisotopic (exact) mass is 355 g/mol. The largest absolute Gasteiger partial charge is 0.375 e. The van der Waals surface area contributed by atoms with Crippen molar-refractivity contribution in [1.82, 2.24) is 4.98 Å². The van der Waals surface area contributed by atoms with Gasteiger partial charge in [0.2, 0.25) is 5.91 Å². The number of carbonyl (C=O) groups is 1. The molecular weight excluding hydrogens is 342 g/mol. The normalized spacial score (nSPS) is 10.9. The number of nitrogens with zero attached hydrogens (tertiary/aromatic N) is 1. The average Bonchev–Trinajstić information content (AvgIpc) is 3.01. The lowest BCUT2D eigenvalue weighted by Crippen LogP contribution is -2.08. The van der Waals surface area contributed by atoms with Crippen LogP contribution >= 0.6 is 22.9 Å². The van der Waals surface area contributed by atoms with Crippen molar-refractivity contribution >= 4 is 45.7 Å². The van der Waals surface area contributed by atoms with Crippen molar-refractivity contribution < 1.29 is 4.79 Å². The van der Waals surface area contributed by atoms with Gasteiger partial charge in [0, 0.05) is 22.0 Å². The van der Waals surface area contributed by atoms with Gasteiger partial charge in [-0.3, -0.25) is 4.79 Å². The second-order valence-corrected chi connectivity index (χ2v) is 6.32. The Hall–Kier alpha value is -2.63. The van der Waals surface area contributed by atoms with Crippen LogP contribution in [0.2, 0.25) is 5.02 Å². The third kappa shape index (κ3) is 4.01. The number of para-hydroxylation sites is 1. The molecule has 1 heterocycles. The fraction of sp³-hybridized carbons (Fsp3) is 0. The molecule has 0 fully saturated rings. The number of hydrogen-bond donors (Lipinski definition) is 2. The highest BCUT2D eigenvalue weighted by Crippen LogP contribution is 2.29. The summed E-state index contributed by atoms with van der Waals surface area (Å²) in [4.78, 5) is 16.4. The summed E-state index contributed by atoms with van der Waals surface area (Å²) in [6.45, 7) is 0. The van der Waals surface area contributed by atoms with Gasteiger partial charge in [-0.25, -0.2) is 4.98 Å². The van der Waals surface area contributed by atoms with Gasteiger partial charge in [0.15, 0.2) is 5.13 Å². The Morgan fingerprint density at radius 1 is 1.17 bits per heavy atom. The van der Waals surface area contributed by atoms with Crippen molar-refractivity contribution in [2.45, 2.75) is 0 Å². The Morgan fingerprint density at radius 2 is 1.92 bits per heavy atom. The molecule has 3 aromatic rings. The van der Waals surface area contributed by atoms with Crippen LogP contribution in [0.25, 0.3) is 17.3 Å². The second-order valence-electron chi connectivity index (χ2n) is 4.99. The molecule has 0 spiro atoms. The first-order valence-corrected chi connectivity index (χ1v) is 8.42. The Kier molecular flexibility index (Phi) is 4.93. The van der Waals surface area contributed by atoms with E-state index >= 15 is 0 Å². The molecular formula is C18H14ClN3OS. The molecule has 3 N–H and O–H groups in total. The number of amides is 1. The summed E-state index contributed by atoms with van der Waals surface area (Å²) in [6.07, 6.45) is 3.21. The quantitative estimate of drug-likeness (QED) is 0.666. The maximum Gasteiger partial charge on any atom is 0.248 e. The lowest BCUT2D eigenvalue weighted by Gasteiger charge is -2.07. The van der Waals surface area contributed by atoms with E-state index in [2.05, 4.69) is 10.3 Å². The summed E-state index contributed by atoms with van der Waals surface area (Å²) >= 11 is 7.21. The first-order valence-electron chi connectivity index (χ1n) is 7.17. The van der Waals surface area contributed by atoms with Crippen LogP contribution in [0.1, 0.15) is 5.56 Å². The first-order chi connectivity index (χ1) is 11.6. The fourth-order valence-corrected chi connectivity index (χ4v) is 2.84. The zero-order valence-electron chi connectivity index (χ0n) is 12.6. The molecule has 6 heteroatoms. The number of nitrogen functional groups attached to an aromatic ring is 1. The molecule has 1 aromatic heterocycles. The van der Waals surface area contributed by atoms with E-state index in [0.717, 1.165) is 16.8 Å².